The molecule has 0 radical (unpaired) electrons. The Labute approximate surface area is 116 Å². The number of hydrogen-bond donors (Lipinski definition) is 2. The van der Waals surface area contributed by atoms with Crippen molar-refractivity contribution in [2.75, 3.05) is 12.3 Å². The second-order valence-corrected chi connectivity index (χ2v) is 5.97. The van der Waals surface area contributed by atoms with Gasteiger partial charge in [-0.2, -0.15) is 4.37 Å². The Morgan fingerprint density at radius 1 is 1.56 bits per heavy atom. The Hall–Kier alpha value is -0.660. The van der Waals surface area contributed by atoms with Gasteiger partial charge in [0.15, 0.2) is 4.34 Å². The smallest absolute Gasteiger partial charge is 0.234 e. The zero-order valence-corrected chi connectivity index (χ0v) is 12.4. The Kier molecular flexibility index (Phi) is 7.22. The lowest BCUT2D eigenvalue weighted by Gasteiger charge is -2.13. The van der Waals surface area contributed by atoms with E-state index in [0.29, 0.717) is 0 Å². The van der Waals surface area contributed by atoms with Crippen LogP contribution in [-0.2, 0) is 11.2 Å². The van der Waals surface area contributed by atoms with Crippen LogP contribution in [0.3, 0.4) is 0 Å². The molecule has 0 aromatic carbocycles. The van der Waals surface area contributed by atoms with Crippen LogP contribution in [-0.4, -0.2) is 33.6 Å². The van der Waals surface area contributed by atoms with Crippen molar-refractivity contribution in [1.82, 2.24) is 14.7 Å². The first-order valence-electron chi connectivity index (χ1n) is 6.15. The largest absolute Gasteiger partial charge is 0.368 e. The summed E-state index contributed by atoms with van der Waals surface area (Å²) in [6, 6.07) is -0.240. The van der Waals surface area contributed by atoms with Gasteiger partial charge in [0.2, 0.25) is 5.91 Å². The number of thioether (sulfide) groups is 1. The van der Waals surface area contributed by atoms with Gasteiger partial charge in [-0.15, -0.1) is 0 Å². The number of nitrogens with one attached hydrogen (secondary N) is 1. The van der Waals surface area contributed by atoms with Crippen LogP contribution in [0.25, 0.3) is 0 Å². The summed E-state index contributed by atoms with van der Waals surface area (Å²) in [6.45, 7) is 4.92. The number of aromatic nitrogens is 2. The number of aryl methyl sites for hydroxylation is 1. The molecule has 0 bridgehead atoms. The highest BCUT2D eigenvalue weighted by Gasteiger charge is 2.14. The molecule has 1 amide bonds. The van der Waals surface area contributed by atoms with E-state index in [1.54, 1.807) is 11.8 Å². The fourth-order valence-electron chi connectivity index (χ4n) is 1.37. The van der Waals surface area contributed by atoms with Gasteiger partial charge in [-0.25, -0.2) is 4.98 Å². The Morgan fingerprint density at radius 3 is 2.89 bits per heavy atom. The van der Waals surface area contributed by atoms with Crippen molar-refractivity contribution in [2.45, 2.75) is 43.5 Å². The minimum absolute atomic E-state index is 0.240. The fraction of sp³-hybridized carbons (Fsp3) is 0.727. The zero-order chi connectivity index (χ0) is 13.4. The molecule has 0 spiro atoms. The number of primary amides is 1. The SMILES string of the molecule is CCCNC(CCSc1nc(CC)ns1)C(N)=O. The maximum absolute atomic E-state index is 11.2. The molecule has 5 nitrogen and oxygen atoms in total. The van der Waals surface area contributed by atoms with Gasteiger partial charge in [0, 0.05) is 12.2 Å². The number of nitrogens with two attached hydrogens (primary N) is 1. The molecule has 7 heteroatoms. The summed E-state index contributed by atoms with van der Waals surface area (Å²) < 4.78 is 5.18. The van der Waals surface area contributed by atoms with Crippen molar-refractivity contribution in [3.8, 4) is 0 Å². The molecular weight excluding hydrogens is 268 g/mol. The van der Waals surface area contributed by atoms with Crippen LogP contribution in [0, 0.1) is 0 Å². The van der Waals surface area contributed by atoms with Gasteiger partial charge in [-0.05, 0) is 30.9 Å². The summed E-state index contributed by atoms with van der Waals surface area (Å²) in [5.41, 5.74) is 5.35. The third-order valence-corrected chi connectivity index (χ3v) is 4.29. The van der Waals surface area contributed by atoms with Crippen molar-refractivity contribution in [3.05, 3.63) is 5.82 Å². The molecule has 1 aromatic rings. The van der Waals surface area contributed by atoms with Gasteiger partial charge in [-0.1, -0.05) is 25.6 Å². The van der Waals surface area contributed by atoms with Crippen molar-refractivity contribution in [1.29, 1.82) is 0 Å². The summed E-state index contributed by atoms with van der Waals surface area (Å²) in [5, 5.41) is 3.15. The molecule has 0 aliphatic heterocycles. The maximum atomic E-state index is 11.2. The monoisotopic (exact) mass is 288 g/mol. The number of carbonyl (C=O) groups is 1. The van der Waals surface area contributed by atoms with Crippen LogP contribution in [0.2, 0.25) is 0 Å². The van der Waals surface area contributed by atoms with E-state index in [0.717, 1.165) is 41.7 Å². The maximum Gasteiger partial charge on any atom is 0.234 e. The van der Waals surface area contributed by atoms with Crippen molar-refractivity contribution in [2.24, 2.45) is 5.73 Å². The first-order valence-corrected chi connectivity index (χ1v) is 7.91. The summed E-state index contributed by atoms with van der Waals surface area (Å²) in [4.78, 5) is 15.6. The summed E-state index contributed by atoms with van der Waals surface area (Å²) in [6.07, 6.45) is 2.58. The molecule has 18 heavy (non-hydrogen) atoms. The molecule has 3 N–H and O–H groups in total. The van der Waals surface area contributed by atoms with Crippen molar-refractivity contribution >= 4 is 29.2 Å². The predicted octanol–water partition coefficient (Wildman–Crippen LogP) is 1.44. The van der Waals surface area contributed by atoms with E-state index in [9.17, 15) is 4.79 Å². The second kappa shape index (κ2) is 8.44. The summed E-state index contributed by atoms with van der Waals surface area (Å²) in [7, 11) is 0. The van der Waals surface area contributed by atoms with E-state index in [1.807, 2.05) is 6.92 Å². The molecule has 0 saturated heterocycles. The first-order chi connectivity index (χ1) is 8.67. The minimum Gasteiger partial charge on any atom is -0.368 e. The lowest BCUT2D eigenvalue weighted by Crippen LogP contribution is -2.41. The van der Waals surface area contributed by atoms with Crippen LogP contribution in [0.4, 0.5) is 0 Å². The van der Waals surface area contributed by atoms with Gasteiger partial charge < -0.3 is 11.1 Å². The lowest BCUT2D eigenvalue weighted by atomic mass is 10.2. The third kappa shape index (κ3) is 5.32. The fourth-order valence-corrected chi connectivity index (χ4v) is 3.14. The highest BCUT2D eigenvalue weighted by atomic mass is 32.2. The summed E-state index contributed by atoms with van der Waals surface area (Å²) in [5.74, 6) is 1.43. The molecule has 1 aromatic heterocycles. The average molecular weight is 288 g/mol. The van der Waals surface area contributed by atoms with Crippen LogP contribution in [0.15, 0.2) is 4.34 Å². The number of rotatable bonds is 9. The van der Waals surface area contributed by atoms with E-state index in [4.69, 9.17) is 5.73 Å². The van der Waals surface area contributed by atoms with E-state index >= 15 is 0 Å². The third-order valence-electron chi connectivity index (χ3n) is 2.38. The highest BCUT2D eigenvalue weighted by molar-refractivity contribution is 8.00. The lowest BCUT2D eigenvalue weighted by molar-refractivity contribution is -0.120. The standard InChI is InChI=1S/C11H20N4OS2/c1-3-6-13-8(10(12)16)5-7-17-11-14-9(4-2)15-18-11/h8,13H,3-7H2,1-2H3,(H2,12,16). The Morgan fingerprint density at radius 2 is 2.33 bits per heavy atom. The van der Waals surface area contributed by atoms with E-state index in [1.165, 1.54) is 11.5 Å². The molecule has 0 saturated carbocycles. The van der Waals surface area contributed by atoms with Gasteiger partial charge in [0.05, 0.1) is 6.04 Å². The van der Waals surface area contributed by atoms with Crippen molar-refractivity contribution in [3.63, 3.8) is 0 Å². The quantitative estimate of drug-likeness (QED) is 0.672. The Bertz CT molecular complexity index is 370. The van der Waals surface area contributed by atoms with Crippen molar-refractivity contribution < 1.29 is 4.79 Å². The number of hydrogen-bond acceptors (Lipinski definition) is 6. The highest BCUT2D eigenvalue weighted by Crippen LogP contribution is 2.21. The molecule has 0 fully saturated rings. The van der Waals surface area contributed by atoms with Gasteiger partial charge in [0.1, 0.15) is 5.82 Å². The topological polar surface area (TPSA) is 80.9 Å². The number of carbonyl (C=O) groups excluding carboxylic acids is 1. The minimum atomic E-state index is -0.282. The van der Waals surface area contributed by atoms with Crippen LogP contribution in [0.5, 0.6) is 0 Å². The average Bonchev–Trinajstić information content (AvgIpc) is 2.81. The van der Waals surface area contributed by atoms with Crippen LogP contribution >= 0.6 is 23.3 Å². The zero-order valence-electron chi connectivity index (χ0n) is 10.8. The number of nitrogens with zero attached hydrogens (tertiary/aromatic N) is 2. The first kappa shape index (κ1) is 15.4. The summed E-state index contributed by atoms with van der Waals surface area (Å²) >= 11 is 3.05. The molecule has 102 valence electrons. The van der Waals surface area contributed by atoms with E-state index in [-0.39, 0.29) is 11.9 Å². The molecule has 1 rings (SSSR count). The molecule has 1 unspecified atom stereocenters. The van der Waals surface area contributed by atoms with Crippen LogP contribution in [0.1, 0.15) is 32.5 Å². The molecule has 0 aliphatic carbocycles. The predicted molar refractivity (Wildman–Crippen MR) is 75.9 cm³/mol. The molecule has 1 heterocycles. The molecule has 0 aliphatic rings. The Balaban J connectivity index is 2.31. The molecule has 1 atom stereocenters. The second-order valence-electron chi connectivity index (χ2n) is 3.88. The number of amides is 1. The van der Waals surface area contributed by atoms with Crippen LogP contribution < -0.4 is 11.1 Å². The van der Waals surface area contributed by atoms with Gasteiger partial charge in [0.25, 0.3) is 0 Å². The van der Waals surface area contributed by atoms with Gasteiger partial charge in [-0.3, -0.25) is 4.79 Å². The van der Waals surface area contributed by atoms with E-state index < -0.39 is 0 Å². The normalized spacial score (nSPS) is 12.6. The molecular formula is C11H20N4OS2. The van der Waals surface area contributed by atoms with E-state index in [2.05, 4.69) is 21.6 Å². The van der Waals surface area contributed by atoms with Gasteiger partial charge >= 0.3 is 0 Å².